The van der Waals surface area contributed by atoms with Crippen molar-refractivity contribution in [1.82, 2.24) is 0 Å². The van der Waals surface area contributed by atoms with Gasteiger partial charge in [0.25, 0.3) is 0 Å². The van der Waals surface area contributed by atoms with E-state index in [1.807, 2.05) is 0 Å². The van der Waals surface area contributed by atoms with Gasteiger partial charge in [-0.3, -0.25) is 4.79 Å². The highest BCUT2D eigenvalue weighted by Crippen LogP contribution is 2.23. The maximum absolute atomic E-state index is 11.8. The molecule has 2 aromatic rings. The molecule has 0 unspecified atom stereocenters. The molecule has 0 atom stereocenters. The maximum Gasteiger partial charge on any atom is 0.248 e. The largest absolute Gasteiger partial charge is 0.321 e. The van der Waals surface area contributed by atoms with Crippen LogP contribution in [-0.2, 0) is 4.79 Å². The van der Waals surface area contributed by atoms with Crippen LogP contribution in [0.2, 0.25) is 15.1 Å². The molecule has 5 heteroatoms. The highest BCUT2D eigenvalue weighted by atomic mass is 35.5. The average Bonchev–Trinajstić information content (AvgIpc) is 2.40. The van der Waals surface area contributed by atoms with Gasteiger partial charge in [0.2, 0.25) is 5.91 Å². The third kappa shape index (κ3) is 4.01. The normalized spacial score (nSPS) is 10.8. The van der Waals surface area contributed by atoms with Crippen molar-refractivity contribution < 1.29 is 4.79 Å². The molecule has 0 heterocycles. The van der Waals surface area contributed by atoms with Gasteiger partial charge in [-0.15, -0.1) is 0 Å². The van der Waals surface area contributed by atoms with Crippen LogP contribution in [0.4, 0.5) is 5.69 Å². The topological polar surface area (TPSA) is 29.1 Å². The lowest BCUT2D eigenvalue weighted by Gasteiger charge is -2.04. The maximum atomic E-state index is 11.8. The Kier molecular flexibility index (Phi) is 5.07. The monoisotopic (exact) mass is 325 g/mol. The zero-order valence-electron chi connectivity index (χ0n) is 10.2. The van der Waals surface area contributed by atoms with Crippen LogP contribution in [0.25, 0.3) is 6.08 Å². The molecule has 20 heavy (non-hydrogen) atoms. The van der Waals surface area contributed by atoms with E-state index in [4.69, 9.17) is 34.8 Å². The van der Waals surface area contributed by atoms with Crippen molar-refractivity contribution in [2.75, 3.05) is 5.32 Å². The van der Waals surface area contributed by atoms with Gasteiger partial charge in [-0.05, 0) is 35.9 Å². The number of carbonyl (C=O) groups is 1. The molecule has 0 bridgehead atoms. The Labute approximate surface area is 132 Å². The van der Waals surface area contributed by atoms with Crippen LogP contribution >= 0.6 is 34.8 Å². The van der Waals surface area contributed by atoms with E-state index in [2.05, 4.69) is 5.32 Å². The molecular formula is C15H10Cl3NO. The van der Waals surface area contributed by atoms with Crippen molar-refractivity contribution in [1.29, 1.82) is 0 Å². The number of hydrogen-bond donors (Lipinski definition) is 1. The molecular weight excluding hydrogens is 317 g/mol. The van der Waals surface area contributed by atoms with Crippen molar-refractivity contribution in [2.45, 2.75) is 0 Å². The van der Waals surface area contributed by atoms with Gasteiger partial charge in [-0.25, -0.2) is 0 Å². The first-order valence-electron chi connectivity index (χ1n) is 5.75. The Balaban J connectivity index is 2.08. The predicted molar refractivity (Wildman–Crippen MR) is 85.6 cm³/mol. The summed E-state index contributed by atoms with van der Waals surface area (Å²) in [6.45, 7) is 0. The fraction of sp³-hybridized carbons (Fsp3) is 0. The molecule has 0 fully saturated rings. The minimum Gasteiger partial charge on any atom is -0.321 e. The quantitative estimate of drug-likeness (QED) is 0.762. The van der Waals surface area contributed by atoms with Crippen LogP contribution in [0.3, 0.4) is 0 Å². The molecule has 0 aliphatic rings. The molecule has 2 rings (SSSR count). The van der Waals surface area contributed by atoms with E-state index in [9.17, 15) is 4.79 Å². The molecule has 2 aromatic carbocycles. The number of amides is 1. The summed E-state index contributed by atoms with van der Waals surface area (Å²) in [6.07, 6.45) is 3.00. The number of hydrogen-bond acceptors (Lipinski definition) is 1. The van der Waals surface area contributed by atoms with Crippen molar-refractivity contribution >= 4 is 52.5 Å². The van der Waals surface area contributed by atoms with Crippen LogP contribution in [-0.4, -0.2) is 5.91 Å². The first-order chi connectivity index (χ1) is 9.56. The predicted octanol–water partition coefficient (Wildman–Crippen LogP) is 5.30. The summed E-state index contributed by atoms with van der Waals surface area (Å²) in [6, 6.07) is 12.1. The summed E-state index contributed by atoms with van der Waals surface area (Å²) in [7, 11) is 0. The van der Waals surface area contributed by atoms with E-state index in [1.54, 1.807) is 48.5 Å². The molecule has 0 aromatic heterocycles. The number of para-hydroxylation sites is 1. The summed E-state index contributed by atoms with van der Waals surface area (Å²) in [5.41, 5.74) is 1.27. The lowest BCUT2D eigenvalue weighted by atomic mass is 10.2. The molecule has 1 N–H and O–H groups in total. The van der Waals surface area contributed by atoms with Crippen LogP contribution in [0.1, 0.15) is 5.56 Å². The molecule has 0 aliphatic carbocycles. The highest BCUT2D eigenvalue weighted by Gasteiger charge is 2.02. The third-order valence-electron chi connectivity index (χ3n) is 2.51. The summed E-state index contributed by atoms with van der Waals surface area (Å²) in [4.78, 5) is 11.8. The molecule has 0 aliphatic heterocycles. The standard InChI is InChI=1S/C15H10Cl3NO/c16-11-7-5-10(13(18)9-11)6-8-15(20)19-14-4-2-1-3-12(14)17/h1-9H,(H,19,20)/b8-6+. The first-order valence-corrected chi connectivity index (χ1v) is 6.88. The number of rotatable bonds is 3. The highest BCUT2D eigenvalue weighted by molar-refractivity contribution is 6.35. The molecule has 0 spiro atoms. The summed E-state index contributed by atoms with van der Waals surface area (Å²) in [5, 5.41) is 4.20. The second kappa shape index (κ2) is 6.80. The van der Waals surface area contributed by atoms with Crippen LogP contribution in [0.5, 0.6) is 0 Å². The number of halogens is 3. The fourth-order valence-electron chi connectivity index (χ4n) is 1.54. The van der Waals surface area contributed by atoms with Gasteiger partial charge in [0.05, 0.1) is 10.7 Å². The third-order valence-corrected chi connectivity index (χ3v) is 3.40. The second-order valence-electron chi connectivity index (χ2n) is 3.97. The van der Waals surface area contributed by atoms with E-state index in [-0.39, 0.29) is 5.91 Å². The Morgan fingerprint density at radius 2 is 1.75 bits per heavy atom. The van der Waals surface area contributed by atoms with Gasteiger partial charge in [0, 0.05) is 16.1 Å². The van der Waals surface area contributed by atoms with Gasteiger partial charge in [0.1, 0.15) is 0 Å². The SMILES string of the molecule is O=C(/C=C/c1ccc(Cl)cc1Cl)Nc1ccccc1Cl. The van der Waals surface area contributed by atoms with Crippen LogP contribution < -0.4 is 5.32 Å². The minimum atomic E-state index is -0.288. The summed E-state index contributed by atoms with van der Waals surface area (Å²) in [5.74, 6) is -0.288. The summed E-state index contributed by atoms with van der Waals surface area (Å²) >= 11 is 17.8. The molecule has 0 saturated heterocycles. The van der Waals surface area contributed by atoms with Gasteiger partial charge in [0.15, 0.2) is 0 Å². The van der Waals surface area contributed by atoms with E-state index < -0.39 is 0 Å². The van der Waals surface area contributed by atoms with Crippen molar-refractivity contribution in [3.8, 4) is 0 Å². The lowest BCUT2D eigenvalue weighted by Crippen LogP contribution is -2.07. The number of anilines is 1. The zero-order valence-corrected chi connectivity index (χ0v) is 12.5. The first kappa shape index (κ1) is 14.9. The Hall–Kier alpha value is -1.48. The van der Waals surface area contributed by atoms with Crippen LogP contribution in [0, 0.1) is 0 Å². The minimum absolute atomic E-state index is 0.288. The number of benzene rings is 2. The Morgan fingerprint density at radius 3 is 2.45 bits per heavy atom. The van der Waals surface area contributed by atoms with E-state index in [1.165, 1.54) is 6.08 Å². The van der Waals surface area contributed by atoms with Crippen LogP contribution in [0.15, 0.2) is 48.5 Å². The molecule has 1 amide bonds. The Bertz CT molecular complexity index is 668. The lowest BCUT2D eigenvalue weighted by molar-refractivity contribution is -0.111. The second-order valence-corrected chi connectivity index (χ2v) is 5.22. The van der Waals surface area contributed by atoms with Crippen molar-refractivity contribution in [2.24, 2.45) is 0 Å². The van der Waals surface area contributed by atoms with E-state index in [0.29, 0.717) is 26.3 Å². The van der Waals surface area contributed by atoms with Gasteiger partial charge < -0.3 is 5.32 Å². The Morgan fingerprint density at radius 1 is 1.00 bits per heavy atom. The van der Waals surface area contributed by atoms with Crippen molar-refractivity contribution in [3.63, 3.8) is 0 Å². The molecule has 2 nitrogen and oxygen atoms in total. The number of nitrogens with one attached hydrogen (secondary N) is 1. The smallest absolute Gasteiger partial charge is 0.248 e. The number of carbonyl (C=O) groups excluding carboxylic acids is 1. The summed E-state index contributed by atoms with van der Waals surface area (Å²) < 4.78 is 0. The molecule has 0 saturated carbocycles. The average molecular weight is 327 g/mol. The zero-order chi connectivity index (χ0) is 14.5. The molecule has 0 radical (unpaired) electrons. The van der Waals surface area contributed by atoms with Gasteiger partial charge in [-0.2, -0.15) is 0 Å². The van der Waals surface area contributed by atoms with Gasteiger partial charge >= 0.3 is 0 Å². The van der Waals surface area contributed by atoms with Crippen molar-refractivity contribution in [3.05, 3.63) is 69.2 Å². The van der Waals surface area contributed by atoms with E-state index >= 15 is 0 Å². The fourth-order valence-corrected chi connectivity index (χ4v) is 2.19. The molecule has 102 valence electrons. The van der Waals surface area contributed by atoms with Gasteiger partial charge in [-0.1, -0.05) is 53.0 Å². The van der Waals surface area contributed by atoms with E-state index in [0.717, 1.165) is 0 Å².